The third kappa shape index (κ3) is 4.11. The maximum Gasteiger partial charge on any atom is 0.278 e. The average molecular weight is 423 g/mol. The highest BCUT2D eigenvalue weighted by molar-refractivity contribution is 9.10. The molecule has 0 saturated heterocycles. The van der Waals surface area contributed by atoms with Crippen molar-refractivity contribution < 1.29 is 4.79 Å². The number of benzene rings is 1. The fraction of sp³-hybridized carbons (Fsp3) is 0.235. The molecule has 8 heteroatoms. The highest BCUT2D eigenvalue weighted by Gasteiger charge is 2.16. The van der Waals surface area contributed by atoms with Gasteiger partial charge in [-0.3, -0.25) is 14.2 Å². The summed E-state index contributed by atoms with van der Waals surface area (Å²) in [6.07, 6.45) is 1.78. The number of anilines is 1. The molecular weight excluding hydrogens is 406 g/mol. The van der Waals surface area contributed by atoms with Crippen molar-refractivity contribution in [1.82, 2.24) is 19.6 Å². The van der Waals surface area contributed by atoms with Gasteiger partial charge in [0.05, 0.1) is 11.0 Å². The SMILES string of the molecule is CCn1cc(Br)c(C(=O)Nc2cc(C)n(Cc3cccc(Cl)c3)n2)n1. The van der Waals surface area contributed by atoms with E-state index >= 15 is 0 Å². The molecule has 0 aliphatic heterocycles. The fourth-order valence-electron chi connectivity index (χ4n) is 2.43. The van der Waals surface area contributed by atoms with Gasteiger partial charge in [0.2, 0.25) is 0 Å². The van der Waals surface area contributed by atoms with Crippen LogP contribution in [0, 0.1) is 6.92 Å². The zero-order chi connectivity index (χ0) is 18.0. The number of nitrogens with one attached hydrogen (secondary N) is 1. The molecule has 1 amide bonds. The smallest absolute Gasteiger partial charge is 0.278 e. The normalized spacial score (nSPS) is 10.9. The molecule has 3 rings (SSSR count). The van der Waals surface area contributed by atoms with E-state index in [1.807, 2.05) is 48.9 Å². The van der Waals surface area contributed by atoms with Gasteiger partial charge >= 0.3 is 0 Å². The van der Waals surface area contributed by atoms with Crippen LogP contribution in [-0.4, -0.2) is 25.5 Å². The second kappa shape index (κ2) is 7.41. The van der Waals surface area contributed by atoms with E-state index in [0.29, 0.717) is 34.1 Å². The van der Waals surface area contributed by atoms with E-state index in [9.17, 15) is 4.79 Å². The van der Waals surface area contributed by atoms with E-state index in [-0.39, 0.29) is 5.91 Å². The molecule has 0 spiro atoms. The van der Waals surface area contributed by atoms with Crippen LogP contribution in [0.3, 0.4) is 0 Å². The van der Waals surface area contributed by atoms with Gasteiger partial charge in [0, 0.05) is 29.5 Å². The quantitative estimate of drug-likeness (QED) is 0.672. The lowest BCUT2D eigenvalue weighted by atomic mass is 10.2. The summed E-state index contributed by atoms with van der Waals surface area (Å²) in [5, 5.41) is 12.2. The van der Waals surface area contributed by atoms with Crippen molar-refractivity contribution in [1.29, 1.82) is 0 Å². The number of rotatable bonds is 5. The molecule has 2 aromatic heterocycles. The Hall–Kier alpha value is -2.12. The van der Waals surface area contributed by atoms with Gasteiger partial charge in [-0.1, -0.05) is 23.7 Å². The maximum atomic E-state index is 12.4. The Balaban J connectivity index is 1.75. The Kier molecular flexibility index (Phi) is 5.24. The molecule has 2 heterocycles. The molecule has 0 fully saturated rings. The van der Waals surface area contributed by atoms with Gasteiger partial charge in [0.25, 0.3) is 5.91 Å². The molecule has 1 N–H and O–H groups in total. The van der Waals surface area contributed by atoms with Crippen molar-refractivity contribution in [2.45, 2.75) is 26.9 Å². The first-order valence-corrected chi connectivity index (χ1v) is 8.96. The Morgan fingerprint density at radius 2 is 2.12 bits per heavy atom. The fourth-order valence-corrected chi connectivity index (χ4v) is 3.14. The summed E-state index contributed by atoms with van der Waals surface area (Å²) in [6, 6.07) is 9.45. The number of nitrogens with zero attached hydrogens (tertiary/aromatic N) is 4. The van der Waals surface area contributed by atoms with Crippen LogP contribution in [0.25, 0.3) is 0 Å². The zero-order valence-electron chi connectivity index (χ0n) is 13.8. The molecule has 6 nitrogen and oxygen atoms in total. The summed E-state index contributed by atoms with van der Waals surface area (Å²) in [4.78, 5) is 12.4. The van der Waals surface area contributed by atoms with Crippen LogP contribution in [0.4, 0.5) is 5.82 Å². The van der Waals surface area contributed by atoms with E-state index in [1.165, 1.54) is 0 Å². The summed E-state index contributed by atoms with van der Waals surface area (Å²) in [5.74, 6) is 0.189. The van der Waals surface area contributed by atoms with Crippen LogP contribution in [-0.2, 0) is 13.1 Å². The van der Waals surface area contributed by atoms with E-state index in [1.54, 1.807) is 10.9 Å². The van der Waals surface area contributed by atoms with Crippen molar-refractivity contribution in [3.05, 3.63) is 63.0 Å². The molecule has 0 atom stereocenters. The molecule has 1 aromatic carbocycles. The first-order valence-electron chi connectivity index (χ1n) is 7.79. The number of carbonyl (C=O) groups is 1. The molecule has 25 heavy (non-hydrogen) atoms. The highest BCUT2D eigenvalue weighted by atomic mass is 79.9. The molecule has 0 radical (unpaired) electrons. The Labute approximate surface area is 158 Å². The second-order valence-electron chi connectivity index (χ2n) is 5.59. The molecule has 0 saturated carbocycles. The summed E-state index contributed by atoms with van der Waals surface area (Å²) in [7, 11) is 0. The minimum absolute atomic E-state index is 0.300. The predicted octanol–water partition coefficient (Wildman–Crippen LogP) is 4.12. The minimum Gasteiger partial charge on any atom is -0.304 e. The summed E-state index contributed by atoms with van der Waals surface area (Å²) < 4.78 is 4.17. The van der Waals surface area contributed by atoms with Crippen LogP contribution in [0.15, 0.2) is 41.0 Å². The molecular formula is C17H17BrClN5O. The maximum absolute atomic E-state index is 12.4. The summed E-state index contributed by atoms with van der Waals surface area (Å²) in [5.41, 5.74) is 2.32. The molecule has 0 aliphatic carbocycles. The zero-order valence-corrected chi connectivity index (χ0v) is 16.2. The van der Waals surface area contributed by atoms with Gasteiger partial charge in [0.1, 0.15) is 0 Å². The molecule has 130 valence electrons. The van der Waals surface area contributed by atoms with Crippen molar-refractivity contribution in [2.75, 3.05) is 5.32 Å². The summed E-state index contributed by atoms with van der Waals surface area (Å²) >= 11 is 9.38. The van der Waals surface area contributed by atoms with Crippen LogP contribution >= 0.6 is 27.5 Å². The number of halogens is 2. The van der Waals surface area contributed by atoms with Crippen molar-refractivity contribution in [2.24, 2.45) is 0 Å². The van der Waals surface area contributed by atoms with E-state index in [2.05, 4.69) is 31.4 Å². The molecule has 0 unspecified atom stereocenters. The number of aryl methyl sites for hydroxylation is 2. The van der Waals surface area contributed by atoms with Crippen molar-refractivity contribution in [3.8, 4) is 0 Å². The molecule has 3 aromatic rings. The Morgan fingerprint density at radius 1 is 1.32 bits per heavy atom. The number of hydrogen-bond donors (Lipinski definition) is 1. The van der Waals surface area contributed by atoms with Gasteiger partial charge in [-0.15, -0.1) is 0 Å². The van der Waals surface area contributed by atoms with Gasteiger partial charge in [0.15, 0.2) is 11.5 Å². The lowest BCUT2D eigenvalue weighted by Gasteiger charge is -2.05. The van der Waals surface area contributed by atoms with Gasteiger partial charge in [-0.25, -0.2) is 0 Å². The van der Waals surface area contributed by atoms with Crippen LogP contribution in [0.1, 0.15) is 28.7 Å². The van der Waals surface area contributed by atoms with Crippen molar-refractivity contribution in [3.63, 3.8) is 0 Å². The largest absolute Gasteiger partial charge is 0.304 e. The average Bonchev–Trinajstić information content (AvgIpc) is 3.10. The lowest BCUT2D eigenvalue weighted by Crippen LogP contribution is -2.14. The van der Waals surface area contributed by atoms with E-state index in [0.717, 1.165) is 11.3 Å². The minimum atomic E-state index is -0.300. The van der Waals surface area contributed by atoms with Crippen LogP contribution in [0.2, 0.25) is 5.02 Å². The summed E-state index contributed by atoms with van der Waals surface area (Å²) in [6.45, 7) is 5.17. The van der Waals surface area contributed by atoms with Gasteiger partial charge in [-0.2, -0.15) is 10.2 Å². The number of carbonyl (C=O) groups excluding carboxylic acids is 1. The third-order valence-corrected chi connectivity index (χ3v) is 4.52. The Bertz CT molecular complexity index is 918. The Morgan fingerprint density at radius 3 is 2.80 bits per heavy atom. The van der Waals surface area contributed by atoms with Crippen LogP contribution < -0.4 is 5.32 Å². The first-order chi connectivity index (χ1) is 12.0. The van der Waals surface area contributed by atoms with E-state index in [4.69, 9.17) is 11.6 Å². The van der Waals surface area contributed by atoms with Gasteiger partial charge < -0.3 is 5.32 Å². The number of aromatic nitrogens is 4. The standard InChI is InChI=1S/C17H17BrClN5O/c1-3-23-10-14(18)16(22-23)17(25)20-15-7-11(2)24(21-15)9-12-5-4-6-13(19)8-12/h4-8,10H,3,9H2,1-2H3,(H,20,21,25). The number of hydrogen-bond acceptors (Lipinski definition) is 3. The number of amides is 1. The monoisotopic (exact) mass is 421 g/mol. The van der Waals surface area contributed by atoms with E-state index < -0.39 is 0 Å². The second-order valence-corrected chi connectivity index (χ2v) is 6.88. The topological polar surface area (TPSA) is 64.7 Å². The molecule has 0 bridgehead atoms. The van der Waals surface area contributed by atoms with Crippen LogP contribution in [0.5, 0.6) is 0 Å². The van der Waals surface area contributed by atoms with Crippen molar-refractivity contribution >= 4 is 39.3 Å². The highest BCUT2D eigenvalue weighted by Crippen LogP contribution is 2.18. The lowest BCUT2D eigenvalue weighted by molar-refractivity contribution is 0.102. The third-order valence-electron chi connectivity index (χ3n) is 3.70. The predicted molar refractivity (Wildman–Crippen MR) is 101 cm³/mol. The molecule has 0 aliphatic rings. The van der Waals surface area contributed by atoms with Gasteiger partial charge in [-0.05, 0) is 47.5 Å². The first kappa shape index (κ1) is 17.7.